The maximum atomic E-state index is 13.5. The van der Waals surface area contributed by atoms with Gasteiger partial charge in [-0.1, -0.05) is 40.8 Å². The van der Waals surface area contributed by atoms with E-state index in [1.165, 1.54) is 4.90 Å². The number of amides is 1. The largest absolute Gasteiger partial charge is 0.483 e. The lowest BCUT2D eigenvalue weighted by molar-refractivity contribution is -0.131. The number of aromatic nitrogens is 1. The zero-order valence-electron chi connectivity index (χ0n) is 15.7. The number of ether oxygens (including phenoxy) is 1. The van der Waals surface area contributed by atoms with Gasteiger partial charge in [-0.2, -0.15) is 0 Å². The van der Waals surface area contributed by atoms with Crippen LogP contribution in [0.5, 0.6) is 0 Å². The number of carbonyl (C=O) groups is 2. The lowest BCUT2D eigenvalue weighted by Gasteiger charge is -2.35. The number of hydrogen-bond acceptors (Lipinski definition) is 5. The van der Waals surface area contributed by atoms with Crippen LogP contribution in [0.2, 0.25) is 10.0 Å². The first-order valence-electron chi connectivity index (χ1n) is 9.62. The minimum absolute atomic E-state index is 0.0249. The molecular formula is C21H18Cl2N2O4. The number of anilines is 1. The summed E-state index contributed by atoms with van der Waals surface area (Å²) in [6.07, 6.45) is 3.28. The molecule has 1 aromatic carbocycles. The fraction of sp³-hybridized carbons (Fsp3) is 0.381. The summed E-state index contributed by atoms with van der Waals surface area (Å²) in [7, 11) is 0. The third-order valence-electron chi connectivity index (χ3n) is 5.89. The first kappa shape index (κ1) is 18.7. The molecule has 5 rings (SSSR count). The lowest BCUT2D eigenvalue weighted by Crippen LogP contribution is -2.39. The van der Waals surface area contributed by atoms with Gasteiger partial charge in [-0.25, -0.2) is 0 Å². The maximum Gasteiger partial charge on any atom is 0.295 e. The minimum Gasteiger partial charge on any atom is -0.483 e. The quantitative estimate of drug-likeness (QED) is 0.681. The van der Waals surface area contributed by atoms with E-state index in [1.54, 1.807) is 31.2 Å². The number of Topliss-reactive ketones (excluding diaryl/α,β-unsaturated/α-hetero) is 1. The van der Waals surface area contributed by atoms with Gasteiger partial charge in [0, 0.05) is 6.07 Å². The summed E-state index contributed by atoms with van der Waals surface area (Å²) in [5.41, 5.74) is 1.04. The van der Waals surface area contributed by atoms with Gasteiger partial charge in [-0.15, -0.1) is 0 Å². The van der Waals surface area contributed by atoms with Crippen molar-refractivity contribution in [2.45, 2.75) is 44.8 Å². The second-order valence-corrected chi connectivity index (χ2v) is 8.52. The second-order valence-electron chi connectivity index (χ2n) is 7.70. The molecule has 1 amide bonds. The van der Waals surface area contributed by atoms with E-state index in [1.807, 2.05) is 0 Å². The van der Waals surface area contributed by atoms with Gasteiger partial charge in [0.1, 0.15) is 11.9 Å². The van der Waals surface area contributed by atoms with E-state index in [4.69, 9.17) is 32.5 Å². The van der Waals surface area contributed by atoms with E-state index in [0.29, 0.717) is 32.8 Å². The van der Waals surface area contributed by atoms with E-state index < -0.39 is 6.04 Å². The number of rotatable bonds is 2. The van der Waals surface area contributed by atoms with Crippen LogP contribution in [0.25, 0.3) is 0 Å². The molecule has 2 aromatic rings. The van der Waals surface area contributed by atoms with Crippen LogP contribution in [0.3, 0.4) is 0 Å². The molecule has 6 nitrogen and oxygen atoms in total. The van der Waals surface area contributed by atoms with Gasteiger partial charge < -0.3 is 9.26 Å². The van der Waals surface area contributed by atoms with E-state index in [9.17, 15) is 9.59 Å². The standard InChI is InChI=1S/C21H18Cl2N2O4/c1-10-8-16(24-29-10)25-18(11-6-7-13(22)14(23)9-11)17-19(26)12-4-2-3-5-15(12)28-20(17)21(25)27/h6-9,12,15,18H,2-5H2,1H3. The summed E-state index contributed by atoms with van der Waals surface area (Å²) in [6.45, 7) is 1.74. The zero-order valence-corrected chi connectivity index (χ0v) is 17.2. The topological polar surface area (TPSA) is 72.6 Å². The van der Waals surface area contributed by atoms with Gasteiger partial charge in [0.25, 0.3) is 5.91 Å². The normalized spacial score (nSPS) is 26.4. The van der Waals surface area contributed by atoms with Crippen molar-refractivity contribution in [2.75, 3.05) is 4.90 Å². The van der Waals surface area contributed by atoms with Crippen LogP contribution in [0.1, 0.15) is 43.0 Å². The van der Waals surface area contributed by atoms with E-state index >= 15 is 0 Å². The minimum atomic E-state index is -0.688. The third-order valence-corrected chi connectivity index (χ3v) is 6.62. The van der Waals surface area contributed by atoms with Gasteiger partial charge in [-0.05, 0) is 43.9 Å². The maximum absolute atomic E-state index is 13.5. The highest BCUT2D eigenvalue weighted by molar-refractivity contribution is 6.42. The number of fused-ring (bicyclic) bond motifs is 1. The van der Waals surface area contributed by atoms with Gasteiger partial charge in [0.2, 0.25) is 0 Å². The number of halogens is 2. The lowest BCUT2D eigenvalue weighted by atomic mass is 9.77. The molecule has 150 valence electrons. The summed E-state index contributed by atoms with van der Waals surface area (Å²) >= 11 is 12.3. The van der Waals surface area contributed by atoms with Gasteiger partial charge in [0.05, 0.1) is 27.6 Å². The van der Waals surface area contributed by atoms with Crippen LogP contribution in [-0.4, -0.2) is 23.0 Å². The average molecular weight is 433 g/mol. The molecule has 3 unspecified atom stereocenters. The number of aryl methyl sites for hydroxylation is 1. The van der Waals surface area contributed by atoms with Crippen molar-refractivity contribution in [2.24, 2.45) is 5.92 Å². The molecule has 0 saturated heterocycles. The molecular weight excluding hydrogens is 415 g/mol. The number of nitrogens with zero attached hydrogens (tertiary/aromatic N) is 2. The van der Waals surface area contributed by atoms with Crippen LogP contribution in [0, 0.1) is 12.8 Å². The summed E-state index contributed by atoms with van der Waals surface area (Å²) in [6, 6.07) is 6.08. The summed E-state index contributed by atoms with van der Waals surface area (Å²) in [4.78, 5) is 28.3. The molecule has 0 spiro atoms. The Morgan fingerprint density at radius 2 is 1.90 bits per heavy atom. The SMILES string of the molecule is Cc1cc(N2C(=O)C3=C(C(=O)C4CCCCC4O3)C2c2ccc(Cl)c(Cl)c2)no1. The molecule has 0 bridgehead atoms. The summed E-state index contributed by atoms with van der Waals surface area (Å²) in [5.74, 6) is 0.378. The Kier molecular flexibility index (Phi) is 4.44. The molecule has 1 aromatic heterocycles. The van der Waals surface area contributed by atoms with Crippen molar-refractivity contribution in [3.05, 3.63) is 57.0 Å². The predicted molar refractivity (Wildman–Crippen MR) is 107 cm³/mol. The zero-order chi connectivity index (χ0) is 20.3. The summed E-state index contributed by atoms with van der Waals surface area (Å²) in [5, 5.41) is 4.76. The Morgan fingerprint density at radius 1 is 1.10 bits per heavy atom. The third kappa shape index (κ3) is 2.89. The van der Waals surface area contributed by atoms with Gasteiger partial charge >= 0.3 is 0 Å². The van der Waals surface area contributed by atoms with Crippen molar-refractivity contribution in [3.63, 3.8) is 0 Å². The second kappa shape index (κ2) is 6.89. The molecule has 1 aliphatic carbocycles. The van der Waals surface area contributed by atoms with Crippen molar-refractivity contribution < 1.29 is 18.8 Å². The molecule has 0 radical (unpaired) electrons. The van der Waals surface area contributed by atoms with Crippen LogP contribution >= 0.6 is 23.2 Å². The van der Waals surface area contributed by atoms with Crippen LogP contribution in [0.15, 0.2) is 40.1 Å². The Bertz CT molecular complexity index is 1060. The predicted octanol–water partition coefficient (Wildman–Crippen LogP) is 4.79. The number of ketones is 1. The van der Waals surface area contributed by atoms with Crippen molar-refractivity contribution in [1.82, 2.24) is 5.16 Å². The monoisotopic (exact) mass is 432 g/mol. The molecule has 0 N–H and O–H groups in total. The van der Waals surface area contributed by atoms with Gasteiger partial charge in [-0.3, -0.25) is 14.5 Å². The average Bonchev–Trinajstić information content (AvgIpc) is 3.26. The first-order chi connectivity index (χ1) is 14.0. The number of benzene rings is 1. The van der Waals surface area contributed by atoms with E-state index in [-0.39, 0.29) is 29.5 Å². The molecule has 8 heteroatoms. The molecule has 3 atom stereocenters. The van der Waals surface area contributed by atoms with Crippen LogP contribution in [0.4, 0.5) is 5.82 Å². The molecule has 3 aliphatic rings. The Morgan fingerprint density at radius 3 is 2.62 bits per heavy atom. The molecule has 2 aliphatic heterocycles. The van der Waals surface area contributed by atoms with Crippen molar-refractivity contribution in [1.29, 1.82) is 0 Å². The van der Waals surface area contributed by atoms with Gasteiger partial charge in [0.15, 0.2) is 17.4 Å². The fourth-order valence-corrected chi connectivity index (χ4v) is 4.85. The highest BCUT2D eigenvalue weighted by Gasteiger charge is 2.53. The number of hydrogen-bond donors (Lipinski definition) is 0. The van der Waals surface area contributed by atoms with Crippen LogP contribution in [-0.2, 0) is 14.3 Å². The Balaban J connectivity index is 1.67. The van der Waals surface area contributed by atoms with Crippen molar-refractivity contribution in [3.8, 4) is 0 Å². The number of carbonyl (C=O) groups excluding carboxylic acids is 2. The molecule has 3 heterocycles. The Labute approximate surface area is 177 Å². The van der Waals surface area contributed by atoms with E-state index in [0.717, 1.165) is 25.7 Å². The highest BCUT2D eigenvalue weighted by atomic mass is 35.5. The fourth-order valence-electron chi connectivity index (χ4n) is 4.55. The summed E-state index contributed by atoms with van der Waals surface area (Å²) < 4.78 is 11.3. The van der Waals surface area contributed by atoms with Crippen molar-refractivity contribution >= 4 is 40.7 Å². The van der Waals surface area contributed by atoms with E-state index in [2.05, 4.69) is 5.16 Å². The Hall–Kier alpha value is -2.31. The molecule has 1 fully saturated rings. The highest BCUT2D eigenvalue weighted by Crippen LogP contribution is 2.48. The van der Waals surface area contributed by atoms with Crippen LogP contribution < -0.4 is 4.90 Å². The molecule has 1 saturated carbocycles. The molecule has 29 heavy (non-hydrogen) atoms. The first-order valence-corrected chi connectivity index (χ1v) is 10.4. The smallest absolute Gasteiger partial charge is 0.295 e.